The van der Waals surface area contributed by atoms with Gasteiger partial charge in [0, 0.05) is 11.5 Å². The first-order valence-corrected chi connectivity index (χ1v) is 7.59. The van der Waals surface area contributed by atoms with E-state index in [4.69, 9.17) is 21.1 Å². The molecule has 2 heterocycles. The predicted octanol–water partition coefficient (Wildman–Crippen LogP) is 4.25. The number of nitrogens with one attached hydrogen (secondary N) is 1. The molecule has 0 unspecified atom stereocenters. The number of benzene rings is 2. The van der Waals surface area contributed by atoms with E-state index in [9.17, 15) is 0 Å². The van der Waals surface area contributed by atoms with E-state index in [-0.39, 0.29) is 12.3 Å². The molecule has 1 fully saturated rings. The Hall–Kier alpha value is -1.71. The lowest BCUT2D eigenvalue weighted by molar-refractivity contribution is -0.0747. The molecule has 0 aliphatic carbocycles. The van der Waals surface area contributed by atoms with Crippen molar-refractivity contribution in [3.05, 3.63) is 59.1 Å². The van der Waals surface area contributed by atoms with Crippen molar-refractivity contribution < 1.29 is 9.47 Å². The lowest BCUT2D eigenvalue weighted by atomic mass is 9.88. The number of para-hydroxylation sites is 2. The fourth-order valence-corrected chi connectivity index (χ4v) is 3.35. The highest BCUT2D eigenvalue weighted by Gasteiger charge is 2.42. The smallest absolute Gasteiger partial charge is 0.205 e. The van der Waals surface area contributed by atoms with E-state index in [1.54, 1.807) is 0 Å². The molecule has 3 atom stereocenters. The maximum atomic E-state index is 6.29. The molecule has 4 heteroatoms. The number of hydrogen-bond donors (Lipinski definition) is 1. The monoisotopic (exact) mass is 301 g/mol. The van der Waals surface area contributed by atoms with Gasteiger partial charge in [-0.3, -0.25) is 0 Å². The summed E-state index contributed by atoms with van der Waals surface area (Å²) >= 11 is 6.29. The van der Waals surface area contributed by atoms with E-state index < -0.39 is 0 Å². The van der Waals surface area contributed by atoms with E-state index in [0.29, 0.717) is 5.92 Å². The number of fused-ring (bicyclic) bond motifs is 2. The molecule has 108 valence electrons. The standard InChI is InChI=1S/C17H16ClNO2/c18-13-6-2-3-7-14(13)19-16-11-5-1-4-8-15(11)21-17-12(16)9-10-20-17/h1-8,12,16-17,19H,9-10H2/t12-,16-,17+/m0/s1. The van der Waals surface area contributed by atoms with Crippen LogP contribution in [0.1, 0.15) is 18.0 Å². The zero-order valence-electron chi connectivity index (χ0n) is 11.5. The zero-order chi connectivity index (χ0) is 14.2. The molecule has 2 aliphatic rings. The predicted molar refractivity (Wildman–Crippen MR) is 82.7 cm³/mol. The lowest BCUT2D eigenvalue weighted by Crippen LogP contribution is -2.36. The van der Waals surface area contributed by atoms with Gasteiger partial charge in [0.15, 0.2) is 0 Å². The molecule has 1 N–H and O–H groups in total. The summed E-state index contributed by atoms with van der Waals surface area (Å²) < 4.78 is 11.7. The summed E-state index contributed by atoms with van der Waals surface area (Å²) in [4.78, 5) is 0. The zero-order valence-corrected chi connectivity index (χ0v) is 12.2. The highest BCUT2D eigenvalue weighted by molar-refractivity contribution is 6.33. The Bertz CT molecular complexity index is 661. The summed E-state index contributed by atoms with van der Waals surface area (Å²) in [6, 6.07) is 16.1. The topological polar surface area (TPSA) is 30.5 Å². The normalized spacial score (nSPS) is 26.6. The second-order valence-electron chi connectivity index (χ2n) is 5.45. The van der Waals surface area contributed by atoms with E-state index in [2.05, 4.69) is 11.4 Å². The van der Waals surface area contributed by atoms with Gasteiger partial charge < -0.3 is 14.8 Å². The van der Waals surface area contributed by atoms with Crippen LogP contribution >= 0.6 is 11.6 Å². The fraction of sp³-hybridized carbons (Fsp3) is 0.294. The molecule has 2 aliphatic heterocycles. The summed E-state index contributed by atoms with van der Waals surface area (Å²) in [5, 5.41) is 4.32. The fourth-order valence-electron chi connectivity index (χ4n) is 3.16. The molecule has 0 saturated carbocycles. The van der Waals surface area contributed by atoms with Crippen LogP contribution in [0.4, 0.5) is 5.69 Å². The Morgan fingerprint density at radius 1 is 1.05 bits per heavy atom. The molecule has 0 spiro atoms. The van der Waals surface area contributed by atoms with E-state index in [1.165, 1.54) is 5.56 Å². The van der Waals surface area contributed by atoms with Crippen molar-refractivity contribution in [3.63, 3.8) is 0 Å². The van der Waals surface area contributed by atoms with Gasteiger partial charge in [-0.25, -0.2) is 0 Å². The quantitative estimate of drug-likeness (QED) is 0.899. The van der Waals surface area contributed by atoms with Crippen molar-refractivity contribution in [2.24, 2.45) is 5.92 Å². The number of halogens is 1. The summed E-state index contributed by atoms with van der Waals surface area (Å²) in [7, 11) is 0. The first-order valence-electron chi connectivity index (χ1n) is 7.21. The average molecular weight is 302 g/mol. The molecule has 4 rings (SSSR count). The Balaban J connectivity index is 1.73. The largest absolute Gasteiger partial charge is 0.464 e. The van der Waals surface area contributed by atoms with Gasteiger partial charge in [-0.05, 0) is 24.6 Å². The first-order chi connectivity index (χ1) is 10.3. The van der Waals surface area contributed by atoms with Gasteiger partial charge in [0.25, 0.3) is 0 Å². The highest BCUT2D eigenvalue weighted by Crippen LogP contribution is 2.45. The molecule has 0 amide bonds. The van der Waals surface area contributed by atoms with Gasteiger partial charge in [-0.2, -0.15) is 0 Å². The average Bonchev–Trinajstić information content (AvgIpc) is 2.97. The van der Waals surface area contributed by atoms with Crippen molar-refractivity contribution in [2.45, 2.75) is 18.8 Å². The second-order valence-corrected chi connectivity index (χ2v) is 5.86. The maximum absolute atomic E-state index is 6.29. The van der Waals surface area contributed by atoms with Gasteiger partial charge >= 0.3 is 0 Å². The molecule has 2 aromatic carbocycles. The molecular formula is C17H16ClNO2. The first kappa shape index (κ1) is 13.0. The van der Waals surface area contributed by atoms with Crippen LogP contribution in [0.5, 0.6) is 5.75 Å². The Kier molecular flexibility index (Phi) is 3.24. The molecule has 1 saturated heterocycles. The minimum Gasteiger partial charge on any atom is -0.464 e. The number of ether oxygens (including phenoxy) is 2. The molecule has 0 aromatic heterocycles. The molecular weight excluding hydrogens is 286 g/mol. The van der Waals surface area contributed by atoms with E-state index >= 15 is 0 Å². The minimum absolute atomic E-state index is 0.155. The lowest BCUT2D eigenvalue weighted by Gasteiger charge is -2.36. The van der Waals surface area contributed by atoms with Gasteiger partial charge in [0.05, 0.1) is 23.4 Å². The van der Waals surface area contributed by atoms with Crippen LogP contribution in [0.15, 0.2) is 48.5 Å². The van der Waals surface area contributed by atoms with Crippen LogP contribution in [-0.4, -0.2) is 12.9 Å². The third-order valence-electron chi connectivity index (χ3n) is 4.19. The van der Waals surface area contributed by atoms with Crippen LogP contribution in [-0.2, 0) is 4.74 Å². The molecule has 2 aromatic rings. The summed E-state index contributed by atoms with van der Waals surface area (Å²) in [6.45, 7) is 0.740. The van der Waals surface area contributed by atoms with E-state index in [0.717, 1.165) is 29.5 Å². The molecule has 3 nitrogen and oxygen atoms in total. The van der Waals surface area contributed by atoms with Crippen molar-refractivity contribution in [1.82, 2.24) is 0 Å². The molecule has 0 radical (unpaired) electrons. The summed E-state index contributed by atoms with van der Waals surface area (Å²) in [5.74, 6) is 1.20. The second kappa shape index (κ2) is 5.24. The van der Waals surface area contributed by atoms with Gasteiger partial charge in [0.2, 0.25) is 6.29 Å². The minimum atomic E-state index is -0.167. The summed E-state index contributed by atoms with van der Waals surface area (Å²) in [6.07, 6.45) is 0.820. The van der Waals surface area contributed by atoms with Crippen molar-refractivity contribution in [2.75, 3.05) is 11.9 Å². The number of anilines is 1. The molecule has 21 heavy (non-hydrogen) atoms. The van der Waals surface area contributed by atoms with Crippen LogP contribution in [0.3, 0.4) is 0 Å². The third kappa shape index (κ3) is 2.27. The van der Waals surface area contributed by atoms with Gasteiger partial charge in [-0.15, -0.1) is 0 Å². The Morgan fingerprint density at radius 3 is 2.76 bits per heavy atom. The van der Waals surface area contributed by atoms with Crippen LogP contribution < -0.4 is 10.1 Å². The Morgan fingerprint density at radius 2 is 1.86 bits per heavy atom. The van der Waals surface area contributed by atoms with E-state index in [1.807, 2.05) is 42.5 Å². The molecule has 0 bridgehead atoms. The van der Waals surface area contributed by atoms with Crippen LogP contribution in [0.2, 0.25) is 5.02 Å². The van der Waals surface area contributed by atoms with Crippen LogP contribution in [0, 0.1) is 5.92 Å². The SMILES string of the molecule is Clc1ccccc1N[C@H]1c2ccccc2O[C@H]2OCC[C@H]21. The highest BCUT2D eigenvalue weighted by atomic mass is 35.5. The summed E-state index contributed by atoms with van der Waals surface area (Å²) in [5.41, 5.74) is 2.12. The van der Waals surface area contributed by atoms with Gasteiger partial charge in [0.1, 0.15) is 5.75 Å². The van der Waals surface area contributed by atoms with Crippen LogP contribution in [0.25, 0.3) is 0 Å². The van der Waals surface area contributed by atoms with Crippen molar-refractivity contribution in [1.29, 1.82) is 0 Å². The number of rotatable bonds is 2. The van der Waals surface area contributed by atoms with Gasteiger partial charge in [-0.1, -0.05) is 41.9 Å². The third-order valence-corrected chi connectivity index (χ3v) is 4.52. The van der Waals surface area contributed by atoms with Crippen molar-refractivity contribution >= 4 is 17.3 Å². The number of hydrogen-bond acceptors (Lipinski definition) is 3. The van der Waals surface area contributed by atoms with Crippen molar-refractivity contribution in [3.8, 4) is 5.75 Å². The maximum Gasteiger partial charge on any atom is 0.205 e. The Labute approximate surface area is 128 Å².